The van der Waals surface area contributed by atoms with Gasteiger partial charge in [-0.3, -0.25) is 19.4 Å². The van der Waals surface area contributed by atoms with Crippen LogP contribution in [-0.4, -0.2) is 63.4 Å². The van der Waals surface area contributed by atoms with Gasteiger partial charge in [-0.05, 0) is 25.0 Å². The topological polar surface area (TPSA) is 90.8 Å². The summed E-state index contributed by atoms with van der Waals surface area (Å²) in [7, 11) is 1.67. The Hall–Kier alpha value is -2.44. The Morgan fingerprint density at radius 3 is 2.57 bits per heavy atom. The standard InChI is InChI=1S/C16H19N3O4/c1-18-13(20)10-11(15(22)23)16(18)5-8-19(9-6-16)14(21)12-4-2-3-7-17-12/h2-4,7,11H,5-6,8-10H2,1H3,(H,22,23). The fourth-order valence-corrected chi connectivity index (χ4v) is 3.73. The third-order valence-electron chi connectivity index (χ3n) is 5.17. The molecule has 23 heavy (non-hydrogen) atoms. The van der Waals surface area contributed by atoms with Crippen molar-refractivity contribution in [2.75, 3.05) is 20.1 Å². The molecule has 0 aromatic carbocycles. The van der Waals surface area contributed by atoms with E-state index in [4.69, 9.17) is 0 Å². The highest BCUT2D eigenvalue weighted by Crippen LogP contribution is 2.42. The van der Waals surface area contributed by atoms with Gasteiger partial charge in [0.2, 0.25) is 5.91 Å². The van der Waals surface area contributed by atoms with Crippen molar-refractivity contribution in [2.45, 2.75) is 24.8 Å². The van der Waals surface area contributed by atoms with Crippen molar-refractivity contribution in [1.82, 2.24) is 14.8 Å². The summed E-state index contributed by atoms with van der Waals surface area (Å²) in [6.45, 7) is 0.855. The van der Waals surface area contributed by atoms with Gasteiger partial charge in [0.25, 0.3) is 5.91 Å². The van der Waals surface area contributed by atoms with Crippen LogP contribution in [-0.2, 0) is 9.59 Å². The van der Waals surface area contributed by atoms with Gasteiger partial charge in [0, 0.05) is 32.8 Å². The summed E-state index contributed by atoms with van der Waals surface area (Å²) < 4.78 is 0. The van der Waals surface area contributed by atoms with Crippen LogP contribution in [0.25, 0.3) is 0 Å². The van der Waals surface area contributed by atoms with Crippen LogP contribution < -0.4 is 0 Å². The molecule has 3 rings (SSSR count). The molecule has 1 unspecified atom stereocenters. The quantitative estimate of drug-likeness (QED) is 0.863. The van der Waals surface area contributed by atoms with Gasteiger partial charge in [-0.25, -0.2) is 0 Å². The van der Waals surface area contributed by atoms with E-state index in [1.54, 1.807) is 41.2 Å². The van der Waals surface area contributed by atoms with Gasteiger partial charge in [0.1, 0.15) is 5.69 Å². The Balaban J connectivity index is 1.76. The van der Waals surface area contributed by atoms with Crippen LogP contribution >= 0.6 is 0 Å². The van der Waals surface area contributed by atoms with Gasteiger partial charge in [0.15, 0.2) is 0 Å². The molecule has 1 aromatic rings. The smallest absolute Gasteiger partial charge is 0.309 e. The molecule has 1 atom stereocenters. The monoisotopic (exact) mass is 317 g/mol. The Morgan fingerprint density at radius 1 is 1.30 bits per heavy atom. The van der Waals surface area contributed by atoms with E-state index < -0.39 is 17.4 Å². The lowest BCUT2D eigenvalue weighted by atomic mass is 9.77. The molecule has 1 spiro atoms. The first kappa shape index (κ1) is 15.5. The lowest BCUT2D eigenvalue weighted by Crippen LogP contribution is -2.57. The van der Waals surface area contributed by atoms with Crippen LogP contribution in [0.1, 0.15) is 29.8 Å². The number of carbonyl (C=O) groups is 3. The summed E-state index contributed by atoms with van der Waals surface area (Å²) in [6, 6.07) is 5.17. The molecule has 7 heteroatoms. The largest absolute Gasteiger partial charge is 0.481 e. The lowest BCUT2D eigenvalue weighted by Gasteiger charge is -2.45. The van der Waals surface area contributed by atoms with E-state index in [9.17, 15) is 19.5 Å². The first-order chi connectivity index (χ1) is 11.0. The van der Waals surface area contributed by atoms with Gasteiger partial charge in [-0.1, -0.05) is 6.07 Å². The number of carboxylic acids is 1. The second-order valence-corrected chi connectivity index (χ2v) is 6.16. The molecule has 7 nitrogen and oxygen atoms in total. The number of rotatable bonds is 2. The van der Waals surface area contributed by atoms with Gasteiger partial charge in [-0.2, -0.15) is 0 Å². The number of hydrogen-bond donors (Lipinski definition) is 1. The molecule has 1 aromatic heterocycles. The van der Waals surface area contributed by atoms with Crippen LogP contribution in [0.3, 0.4) is 0 Å². The van der Waals surface area contributed by atoms with E-state index in [1.807, 2.05) is 0 Å². The van der Waals surface area contributed by atoms with Crippen LogP contribution in [0.5, 0.6) is 0 Å². The summed E-state index contributed by atoms with van der Waals surface area (Å²) in [6.07, 6.45) is 2.57. The van der Waals surface area contributed by atoms with E-state index in [2.05, 4.69) is 4.98 Å². The highest BCUT2D eigenvalue weighted by atomic mass is 16.4. The van der Waals surface area contributed by atoms with Crippen LogP contribution in [0.4, 0.5) is 0 Å². The Labute approximate surface area is 133 Å². The van der Waals surface area contributed by atoms with E-state index in [-0.39, 0.29) is 18.2 Å². The molecule has 3 heterocycles. The molecular formula is C16H19N3O4. The molecule has 0 saturated carbocycles. The highest BCUT2D eigenvalue weighted by molar-refractivity contribution is 5.92. The number of piperidine rings is 1. The molecule has 2 aliphatic heterocycles. The normalized spacial score (nSPS) is 23.3. The van der Waals surface area contributed by atoms with Crippen molar-refractivity contribution in [3.8, 4) is 0 Å². The summed E-state index contributed by atoms with van der Waals surface area (Å²) >= 11 is 0. The Kier molecular flexibility index (Phi) is 3.79. The van der Waals surface area contributed by atoms with Crippen LogP contribution in [0, 0.1) is 5.92 Å². The molecule has 1 N–H and O–H groups in total. The third-order valence-corrected chi connectivity index (χ3v) is 5.17. The maximum Gasteiger partial charge on any atom is 0.309 e. The van der Waals surface area contributed by atoms with Crippen LogP contribution in [0.15, 0.2) is 24.4 Å². The van der Waals surface area contributed by atoms with Crippen molar-refractivity contribution < 1.29 is 19.5 Å². The van der Waals surface area contributed by atoms with E-state index in [0.29, 0.717) is 31.6 Å². The maximum atomic E-state index is 12.4. The average Bonchev–Trinajstić information content (AvgIpc) is 2.81. The number of amides is 2. The van der Waals surface area contributed by atoms with Crippen molar-refractivity contribution in [3.05, 3.63) is 30.1 Å². The second kappa shape index (κ2) is 5.64. The fourth-order valence-electron chi connectivity index (χ4n) is 3.73. The Bertz CT molecular complexity index is 638. The first-order valence-corrected chi connectivity index (χ1v) is 7.65. The molecule has 0 aliphatic carbocycles. The fraction of sp³-hybridized carbons (Fsp3) is 0.500. The van der Waals surface area contributed by atoms with Gasteiger partial charge >= 0.3 is 5.97 Å². The minimum absolute atomic E-state index is 0.0417. The SMILES string of the molecule is CN1C(=O)CC(C(=O)O)C12CCN(C(=O)c1ccccn1)CC2. The minimum atomic E-state index is -0.938. The number of aromatic nitrogens is 1. The number of carbonyl (C=O) groups excluding carboxylic acids is 2. The Morgan fingerprint density at radius 2 is 2.00 bits per heavy atom. The molecule has 2 aliphatic rings. The zero-order valence-electron chi connectivity index (χ0n) is 12.9. The van der Waals surface area contributed by atoms with E-state index >= 15 is 0 Å². The molecule has 2 amide bonds. The summed E-state index contributed by atoms with van der Waals surface area (Å²) in [5.74, 6) is -1.93. The number of nitrogens with zero attached hydrogens (tertiary/aromatic N) is 3. The van der Waals surface area contributed by atoms with Gasteiger partial charge in [-0.15, -0.1) is 0 Å². The van der Waals surface area contributed by atoms with Crippen molar-refractivity contribution in [3.63, 3.8) is 0 Å². The number of aliphatic carboxylic acids is 1. The molecule has 122 valence electrons. The van der Waals surface area contributed by atoms with Crippen molar-refractivity contribution in [2.24, 2.45) is 5.92 Å². The van der Waals surface area contributed by atoms with Gasteiger partial charge < -0.3 is 14.9 Å². The molecule has 0 radical (unpaired) electrons. The summed E-state index contributed by atoms with van der Waals surface area (Å²) in [5.41, 5.74) is -0.293. The molecule has 0 bridgehead atoms. The average molecular weight is 317 g/mol. The predicted octanol–water partition coefficient (Wildman–Crippen LogP) is 0.619. The first-order valence-electron chi connectivity index (χ1n) is 7.65. The number of pyridine rings is 1. The van der Waals surface area contributed by atoms with E-state index in [0.717, 1.165) is 0 Å². The molecule has 2 saturated heterocycles. The van der Waals surface area contributed by atoms with Gasteiger partial charge in [0.05, 0.1) is 11.5 Å². The third kappa shape index (κ3) is 2.46. The zero-order valence-corrected chi connectivity index (χ0v) is 12.9. The predicted molar refractivity (Wildman–Crippen MR) is 80.6 cm³/mol. The number of carboxylic acid groups (broad SMARTS) is 1. The lowest BCUT2D eigenvalue weighted by molar-refractivity contribution is -0.145. The minimum Gasteiger partial charge on any atom is -0.481 e. The second-order valence-electron chi connectivity index (χ2n) is 6.16. The number of likely N-dealkylation sites (tertiary alicyclic amines) is 2. The van der Waals surface area contributed by atoms with E-state index in [1.165, 1.54) is 0 Å². The summed E-state index contributed by atoms with van der Waals surface area (Å²) in [4.78, 5) is 43.3. The van der Waals surface area contributed by atoms with Crippen molar-refractivity contribution in [1.29, 1.82) is 0 Å². The zero-order chi connectivity index (χ0) is 16.6. The molecular weight excluding hydrogens is 298 g/mol. The highest BCUT2D eigenvalue weighted by Gasteiger charge is 2.55. The van der Waals surface area contributed by atoms with Crippen molar-refractivity contribution >= 4 is 17.8 Å². The molecule has 2 fully saturated rings. The van der Waals surface area contributed by atoms with Crippen LogP contribution in [0.2, 0.25) is 0 Å². The maximum absolute atomic E-state index is 12.4. The summed E-state index contributed by atoms with van der Waals surface area (Å²) in [5, 5.41) is 9.45. The number of hydrogen-bond acceptors (Lipinski definition) is 4.